The van der Waals surface area contributed by atoms with Crippen LogP contribution in [0.5, 0.6) is 0 Å². The minimum absolute atomic E-state index is 0.410. The third-order valence-corrected chi connectivity index (χ3v) is 0.948. The molecule has 7 nitrogen and oxygen atoms in total. The van der Waals surface area contributed by atoms with Gasteiger partial charge in [0.15, 0.2) is 0 Å². The van der Waals surface area contributed by atoms with Gasteiger partial charge in [0, 0.05) is 0 Å². The lowest BCUT2D eigenvalue weighted by atomic mass is 10.4. The molecular weight excluding hydrogens is 164 g/mol. The zero-order valence-electron chi connectivity index (χ0n) is 5.85. The van der Waals surface area contributed by atoms with Crippen molar-refractivity contribution in [2.75, 3.05) is 6.54 Å². The Balaban J connectivity index is 5.13. The van der Waals surface area contributed by atoms with E-state index >= 15 is 0 Å². The highest BCUT2D eigenvalue weighted by atomic mass is 16.1. The molecule has 2 N–H and O–H groups in total. The van der Waals surface area contributed by atoms with Gasteiger partial charge in [-0.25, -0.2) is 14.4 Å². The lowest BCUT2D eigenvalue weighted by Crippen LogP contribution is -2.31. The van der Waals surface area contributed by atoms with E-state index in [1.807, 2.05) is 0 Å². The number of isocyanates is 3. The molecule has 0 rings (SSSR count). The first kappa shape index (κ1) is 10.1. The summed E-state index contributed by atoms with van der Waals surface area (Å²) in [5.41, 5.74) is 5.05. The van der Waals surface area contributed by atoms with Gasteiger partial charge in [0.1, 0.15) is 0 Å². The van der Waals surface area contributed by atoms with Crippen molar-refractivity contribution in [3.63, 3.8) is 0 Å². The minimum atomic E-state index is -1.93. The van der Waals surface area contributed by atoms with E-state index in [-0.39, 0.29) is 0 Å². The Hall–Kier alpha value is -1.90. The van der Waals surface area contributed by atoms with Gasteiger partial charge >= 0.3 is 0 Å². The molecule has 0 aliphatic carbocycles. The summed E-state index contributed by atoms with van der Waals surface area (Å²) in [4.78, 5) is 38.3. The number of rotatable bonds is 4. The fourth-order valence-corrected chi connectivity index (χ4v) is 0.431. The predicted molar refractivity (Wildman–Crippen MR) is 36.1 cm³/mol. The Morgan fingerprint density at radius 2 is 1.33 bits per heavy atom. The van der Waals surface area contributed by atoms with Crippen molar-refractivity contribution in [3.05, 3.63) is 0 Å². The summed E-state index contributed by atoms with van der Waals surface area (Å²) in [5, 5.41) is 0. The van der Waals surface area contributed by atoms with E-state index in [2.05, 4.69) is 15.0 Å². The molecule has 0 spiro atoms. The Morgan fingerprint density at radius 3 is 1.50 bits per heavy atom. The molecule has 0 radical (unpaired) electrons. The van der Waals surface area contributed by atoms with Gasteiger partial charge in [-0.15, -0.1) is 15.0 Å². The van der Waals surface area contributed by atoms with E-state index in [0.29, 0.717) is 0 Å². The van der Waals surface area contributed by atoms with Crippen LogP contribution in [0.4, 0.5) is 0 Å². The Morgan fingerprint density at radius 1 is 1.00 bits per heavy atom. The summed E-state index contributed by atoms with van der Waals surface area (Å²) in [6, 6.07) is 0. The van der Waals surface area contributed by atoms with Gasteiger partial charge in [0.05, 0.1) is 6.54 Å². The third-order valence-electron chi connectivity index (χ3n) is 0.948. The molecule has 0 aromatic heterocycles. The first-order valence-electron chi connectivity index (χ1n) is 2.72. The Bertz CT molecular complexity index is 248. The molecular formula is C5H4N4O3. The Kier molecular flexibility index (Phi) is 4.08. The summed E-state index contributed by atoms with van der Waals surface area (Å²) >= 11 is 0. The highest BCUT2D eigenvalue weighted by Gasteiger charge is 2.26. The van der Waals surface area contributed by atoms with E-state index < -0.39 is 12.3 Å². The monoisotopic (exact) mass is 168 g/mol. The van der Waals surface area contributed by atoms with E-state index in [4.69, 9.17) is 5.73 Å². The van der Waals surface area contributed by atoms with Crippen molar-refractivity contribution in [2.45, 2.75) is 5.79 Å². The zero-order valence-corrected chi connectivity index (χ0v) is 5.85. The van der Waals surface area contributed by atoms with Crippen LogP contribution in [0.2, 0.25) is 0 Å². The molecule has 0 aliphatic heterocycles. The van der Waals surface area contributed by atoms with Gasteiger partial charge < -0.3 is 5.73 Å². The van der Waals surface area contributed by atoms with Crippen LogP contribution in [-0.2, 0) is 14.4 Å². The molecule has 0 amide bonds. The second kappa shape index (κ2) is 4.85. The number of aliphatic imine (C=N–C) groups is 3. The fourth-order valence-electron chi connectivity index (χ4n) is 0.431. The molecule has 0 heterocycles. The highest BCUT2D eigenvalue weighted by molar-refractivity contribution is 5.42. The number of nitrogens with two attached hydrogens (primary N) is 1. The third kappa shape index (κ3) is 2.38. The summed E-state index contributed by atoms with van der Waals surface area (Å²) in [5.74, 6) is -1.93. The quantitative estimate of drug-likeness (QED) is 0.410. The molecule has 0 atom stereocenters. The van der Waals surface area contributed by atoms with Gasteiger partial charge in [-0.3, -0.25) is 0 Å². The zero-order chi connectivity index (χ0) is 9.45. The minimum Gasteiger partial charge on any atom is -0.325 e. The molecule has 0 aliphatic rings. The number of hydrogen-bond donors (Lipinski definition) is 1. The Labute approximate surface area is 66.7 Å². The molecule has 12 heavy (non-hydrogen) atoms. The van der Waals surface area contributed by atoms with Gasteiger partial charge in [0.25, 0.3) is 5.79 Å². The van der Waals surface area contributed by atoms with Crippen LogP contribution in [-0.4, -0.2) is 30.6 Å². The SMILES string of the molecule is NCC(N=C=O)(N=C=O)N=C=O. The topological polar surface area (TPSA) is 114 Å². The lowest BCUT2D eigenvalue weighted by molar-refractivity contribution is 0.458. The molecule has 0 saturated carbocycles. The van der Waals surface area contributed by atoms with Crippen LogP contribution in [0, 0.1) is 0 Å². The van der Waals surface area contributed by atoms with E-state index in [0.717, 1.165) is 18.2 Å². The summed E-state index contributed by atoms with van der Waals surface area (Å²) < 4.78 is 0. The molecule has 7 heteroatoms. The number of hydrogen-bond acceptors (Lipinski definition) is 7. The van der Waals surface area contributed by atoms with Gasteiger partial charge in [-0.2, -0.15) is 0 Å². The van der Waals surface area contributed by atoms with Crippen molar-refractivity contribution >= 4 is 18.2 Å². The van der Waals surface area contributed by atoms with Crippen LogP contribution >= 0.6 is 0 Å². The smallest absolute Gasteiger partial charge is 0.289 e. The van der Waals surface area contributed by atoms with Crippen molar-refractivity contribution < 1.29 is 14.4 Å². The van der Waals surface area contributed by atoms with Gasteiger partial charge in [0.2, 0.25) is 18.2 Å². The van der Waals surface area contributed by atoms with Crippen LogP contribution in [0.15, 0.2) is 15.0 Å². The number of carbonyl (C=O) groups excluding carboxylic acids is 3. The van der Waals surface area contributed by atoms with Crippen molar-refractivity contribution in [1.82, 2.24) is 0 Å². The van der Waals surface area contributed by atoms with Gasteiger partial charge in [-0.05, 0) is 0 Å². The van der Waals surface area contributed by atoms with Gasteiger partial charge in [-0.1, -0.05) is 0 Å². The molecule has 0 unspecified atom stereocenters. The van der Waals surface area contributed by atoms with E-state index in [9.17, 15) is 14.4 Å². The summed E-state index contributed by atoms with van der Waals surface area (Å²) in [6.45, 7) is -0.410. The highest BCUT2D eigenvalue weighted by Crippen LogP contribution is 2.10. The molecule has 0 saturated heterocycles. The first-order chi connectivity index (χ1) is 5.74. The maximum atomic E-state index is 9.80. The maximum Gasteiger partial charge on any atom is 0.289 e. The largest absolute Gasteiger partial charge is 0.325 e. The van der Waals surface area contributed by atoms with Crippen LogP contribution in [0.25, 0.3) is 0 Å². The average molecular weight is 168 g/mol. The fraction of sp³-hybridized carbons (Fsp3) is 0.400. The van der Waals surface area contributed by atoms with E-state index in [1.54, 1.807) is 0 Å². The van der Waals surface area contributed by atoms with Crippen molar-refractivity contribution in [1.29, 1.82) is 0 Å². The molecule has 0 aromatic rings. The molecule has 0 bridgehead atoms. The molecule has 62 valence electrons. The van der Waals surface area contributed by atoms with Crippen LogP contribution in [0.3, 0.4) is 0 Å². The van der Waals surface area contributed by atoms with Crippen LogP contribution < -0.4 is 5.73 Å². The summed E-state index contributed by atoms with van der Waals surface area (Å²) in [6.07, 6.45) is 3.24. The predicted octanol–water partition coefficient (Wildman–Crippen LogP) is -1.39. The normalized spacial score (nSPS) is 12.8. The second-order valence-corrected chi connectivity index (χ2v) is 1.59. The molecule has 0 fully saturated rings. The average Bonchev–Trinajstić information content (AvgIpc) is 2.06. The van der Waals surface area contributed by atoms with Crippen LogP contribution in [0.1, 0.15) is 0 Å². The number of nitrogens with zero attached hydrogens (tertiary/aromatic N) is 3. The second-order valence-electron chi connectivity index (χ2n) is 1.59. The lowest BCUT2D eigenvalue weighted by Gasteiger charge is -2.10. The van der Waals surface area contributed by atoms with E-state index in [1.165, 1.54) is 0 Å². The first-order valence-corrected chi connectivity index (χ1v) is 2.72. The maximum absolute atomic E-state index is 9.80. The summed E-state index contributed by atoms with van der Waals surface area (Å²) in [7, 11) is 0. The molecule has 0 aromatic carbocycles. The van der Waals surface area contributed by atoms with Crippen molar-refractivity contribution in [3.8, 4) is 0 Å². The van der Waals surface area contributed by atoms with Crippen molar-refractivity contribution in [2.24, 2.45) is 20.7 Å². The standard InChI is InChI=1S/C5H4N4O3/c6-1-5(7-2-10,8-3-11)9-4-12/h1,6H2.